The van der Waals surface area contributed by atoms with Gasteiger partial charge in [0.25, 0.3) is 0 Å². The van der Waals surface area contributed by atoms with Gasteiger partial charge in [0.1, 0.15) is 0 Å². The van der Waals surface area contributed by atoms with Crippen LogP contribution in [0.5, 0.6) is 0 Å². The molecule has 1 saturated heterocycles. The first-order valence-corrected chi connectivity index (χ1v) is 9.00. The molecule has 3 aliphatic rings. The van der Waals surface area contributed by atoms with Gasteiger partial charge in [-0.15, -0.1) is 0 Å². The number of nitrogens with zero attached hydrogens (tertiary/aromatic N) is 2. The zero-order valence-corrected chi connectivity index (χ0v) is 13.7. The van der Waals surface area contributed by atoms with Crippen LogP contribution in [0.4, 0.5) is 10.5 Å². The van der Waals surface area contributed by atoms with Crippen LogP contribution >= 0.6 is 0 Å². The summed E-state index contributed by atoms with van der Waals surface area (Å²) in [5.41, 5.74) is 2.20. The maximum absolute atomic E-state index is 11.6. The van der Waals surface area contributed by atoms with Gasteiger partial charge in [0.15, 0.2) is 0 Å². The smallest absolute Gasteiger partial charge is 0.411 e. The molecule has 1 N–H and O–H groups in total. The number of hydrogen-bond donors (Lipinski definition) is 1. The van der Waals surface area contributed by atoms with Crippen LogP contribution in [0.1, 0.15) is 44.1 Å². The van der Waals surface area contributed by atoms with Crippen molar-refractivity contribution >= 4 is 11.8 Å². The van der Waals surface area contributed by atoms with Gasteiger partial charge in [-0.2, -0.15) is 0 Å². The van der Waals surface area contributed by atoms with Crippen LogP contribution in [-0.4, -0.2) is 42.3 Å². The lowest BCUT2D eigenvalue weighted by atomic mass is 9.74. The molecule has 2 fully saturated rings. The first kappa shape index (κ1) is 15.0. The molecule has 4 rings (SSSR count). The van der Waals surface area contributed by atoms with Gasteiger partial charge in [-0.25, -0.2) is 4.79 Å². The fourth-order valence-corrected chi connectivity index (χ4v) is 4.95. The molecule has 2 heterocycles. The summed E-state index contributed by atoms with van der Waals surface area (Å²) in [5.74, 6) is 0.899. The van der Waals surface area contributed by atoms with Crippen LogP contribution in [-0.2, 0) is 5.41 Å². The molecule has 1 aromatic rings. The molecule has 124 valence electrons. The summed E-state index contributed by atoms with van der Waals surface area (Å²) >= 11 is 0. The molecule has 23 heavy (non-hydrogen) atoms. The van der Waals surface area contributed by atoms with E-state index in [1.807, 2.05) is 12.1 Å². The molecule has 1 amide bonds. The first-order chi connectivity index (χ1) is 11.2. The van der Waals surface area contributed by atoms with Crippen molar-refractivity contribution < 1.29 is 9.90 Å². The molecule has 1 spiro atoms. The summed E-state index contributed by atoms with van der Waals surface area (Å²) in [6.45, 7) is 4.11. The molecule has 4 heteroatoms. The van der Waals surface area contributed by atoms with Gasteiger partial charge in [0.05, 0.1) is 5.69 Å². The van der Waals surface area contributed by atoms with E-state index < -0.39 is 6.09 Å². The number of hydrogen-bond acceptors (Lipinski definition) is 2. The molecule has 0 aromatic heterocycles. The molecule has 0 radical (unpaired) electrons. The van der Waals surface area contributed by atoms with Crippen molar-refractivity contribution in [3.63, 3.8) is 0 Å². The maximum atomic E-state index is 11.6. The molecule has 1 saturated carbocycles. The third-order valence-corrected chi connectivity index (χ3v) is 6.26. The number of carboxylic acid groups (broad SMARTS) is 1. The van der Waals surface area contributed by atoms with Crippen LogP contribution in [0.15, 0.2) is 24.3 Å². The van der Waals surface area contributed by atoms with Crippen molar-refractivity contribution in [2.45, 2.75) is 43.9 Å². The van der Waals surface area contributed by atoms with E-state index in [9.17, 15) is 9.90 Å². The van der Waals surface area contributed by atoms with Crippen molar-refractivity contribution in [3.8, 4) is 0 Å². The fourth-order valence-electron chi connectivity index (χ4n) is 4.95. The maximum Gasteiger partial charge on any atom is 0.411 e. The Labute approximate surface area is 138 Å². The Morgan fingerprint density at radius 2 is 1.87 bits per heavy atom. The summed E-state index contributed by atoms with van der Waals surface area (Å²) < 4.78 is 0. The van der Waals surface area contributed by atoms with Crippen LogP contribution in [0.3, 0.4) is 0 Å². The second kappa shape index (κ2) is 5.82. The monoisotopic (exact) mass is 314 g/mol. The van der Waals surface area contributed by atoms with Crippen LogP contribution < -0.4 is 4.90 Å². The zero-order chi connectivity index (χ0) is 15.9. The zero-order valence-electron chi connectivity index (χ0n) is 13.7. The Bertz CT molecular complexity index is 587. The molecular weight excluding hydrogens is 288 g/mol. The summed E-state index contributed by atoms with van der Waals surface area (Å²) in [6.07, 6.45) is 6.96. The van der Waals surface area contributed by atoms with Crippen molar-refractivity contribution in [1.82, 2.24) is 4.90 Å². The second-order valence-electron chi connectivity index (χ2n) is 7.62. The Hall–Kier alpha value is -1.55. The third kappa shape index (κ3) is 2.63. The van der Waals surface area contributed by atoms with Gasteiger partial charge in [-0.3, -0.25) is 4.90 Å². The van der Waals surface area contributed by atoms with Gasteiger partial charge in [-0.05, 0) is 56.3 Å². The van der Waals surface area contributed by atoms with Gasteiger partial charge in [0, 0.05) is 18.5 Å². The number of para-hydroxylation sites is 1. The molecule has 0 atom stereocenters. The van der Waals surface area contributed by atoms with Crippen molar-refractivity contribution in [3.05, 3.63) is 29.8 Å². The molecule has 1 aromatic carbocycles. The average Bonchev–Trinajstić information content (AvgIpc) is 3.17. The number of piperidine rings is 1. The van der Waals surface area contributed by atoms with E-state index in [0.717, 1.165) is 37.5 Å². The van der Waals surface area contributed by atoms with E-state index in [0.29, 0.717) is 6.54 Å². The van der Waals surface area contributed by atoms with Crippen molar-refractivity contribution in [2.24, 2.45) is 5.92 Å². The summed E-state index contributed by atoms with van der Waals surface area (Å²) in [6, 6.07) is 8.11. The lowest BCUT2D eigenvalue weighted by Crippen LogP contribution is -2.46. The van der Waals surface area contributed by atoms with Crippen LogP contribution in [0.2, 0.25) is 0 Å². The largest absolute Gasteiger partial charge is 0.465 e. The lowest BCUT2D eigenvalue weighted by Gasteiger charge is -2.40. The summed E-state index contributed by atoms with van der Waals surface area (Å²) in [4.78, 5) is 15.8. The van der Waals surface area contributed by atoms with E-state index in [1.54, 1.807) is 4.90 Å². The standard InChI is InChI=1S/C19H26N2O2/c22-18(23)21-14-19(16-7-3-4-8-17(16)21)9-11-20(12-10-19)13-15-5-1-2-6-15/h3-4,7-8,15H,1-2,5-6,9-14H2,(H,22,23). The summed E-state index contributed by atoms with van der Waals surface area (Å²) in [7, 11) is 0. The van der Waals surface area contributed by atoms with Gasteiger partial charge >= 0.3 is 6.09 Å². The highest BCUT2D eigenvalue weighted by molar-refractivity contribution is 5.90. The number of benzene rings is 1. The lowest BCUT2D eigenvalue weighted by molar-refractivity contribution is 0.145. The molecule has 0 unspecified atom stereocenters. The van der Waals surface area contributed by atoms with E-state index in [4.69, 9.17) is 0 Å². The third-order valence-electron chi connectivity index (χ3n) is 6.26. The quantitative estimate of drug-likeness (QED) is 0.905. The fraction of sp³-hybridized carbons (Fsp3) is 0.632. The highest BCUT2D eigenvalue weighted by Crippen LogP contribution is 2.47. The Kier molecular flexibility index (Phi) is 3.80. The van der Waals surface area contributed by atoms with Gasteiger partial charge < -0.3 is 10.0 Å². The number of rotatable bonds is 2. The number of likely N-dealkylation sites (tertiary alicyclic amines) is 1. The minimum Gasteiger partial charge on any atom is -0.465 e. The van der Waals surface area contributed by atoms with E-state index in [2.05, 4.69) is 17.0 Å². The predicted molar refractivity (Wildman–Crippen MR) is 91.1 cm³/mol. The van der Waals surface area contributed by atoms with Crippen molar-refractivity contribution in [1.29, 1.82) is 0 Å². The minimum atomic E-state index is -0.817. The normalized spacial score (nSPS) is 24.3. The van der Waals surface area contributed by atoms with E-state index in [1.165, 1.54) is 37.8 Å². The van der Waals surface area contributed by atoms with Crippen LogP contribution in [0, 0.1) is 5.92 Å². The average molecular weight is 314 g/mol. The topological polar surface area (TPSA) is 43.8 Å². The molecule has 4 nitrogen and oxygen atoms in total. The number of amides is 1. The Morgan fingerprint density at radius 3 is 2.57 bits per heavy atom. The van der Waals surface area contributed by atoms with Crippen molar-refractivity contribution in [2.75, 3.05) is 31.1 Å². The summed E-state index contributed by atoms with van der Waals surface area (Å²) in [5, 5.41) is 9.53. The molecule has 2 aliphatic heterocycles. The molecular formula is C19H26N2O2. The highest BCUT2D eigenvalue weighted by Gasteiger charge is 2.46. The van der Waals surface area contributed by atoms with E-state index >= 15 is 0 Å². The Morgan fingerprint density at radius 1 is 1.17 bits per heavy atom. The minimum absolute atomic E-state index is 0.0428. The highest BCUT2D eigenvalue weighted by atomic mass is 16.4. The first-order valence-electron chi connectivity index (χ1n) is 9.00. The Balaban J connectivity index is 1.49. The second-order valence-corrected chi connectivity index (χ2v) is 7.62. The predicted octanol–water partition coefficient (Wildman–Crippen LogP) is 3.71. The SMILES string of the molecule is O=C(O)N1CC2(CCN(CC3CCCC3)CC2)c2ccccc21. The molecule has 1 aliphatic carbocycles. The number of anilines is 1. The van der Waals surface area contributed by atoms with Crippen LogP contribution in [0.25, 0.3) is 0 Å². The van der Waals surface area contributed by atoms with E-state index in [-0.39, 0.29) is 5.41 Å². The number of fused-ring (bicyclic) bond motifs is 2. The van der Waals surface area contributed by atoms with Gasteiger partial charge in [-0.1, -0.05) is 31.0 Å². The van der Waals surface area contributed by atoms with Gasteiger partial charge in [0.2, 0.25) is 0 Å². The number of carbonyl (C=O) groups is 1. The molecule has 0 bridgehead atoms.